The Kier molecular flexibility index (Phi) is 3.50. The van der Waals surface area contributed by atoms with Gasteiger partial charge in [-0.25, -0.2) is 4.98 Å². The molecule has 0 saturated heterocycles. The minimum atomic E-state index is -0.00543. The third kappa shape index (κ3) is 2.49. The molecule has 0 aromatic carbocycles. The van der Waals surface area contributed by atoms with Gasteiger partial charge in [-0.3, -0.25) is 4.79 Å². The summed E-state index contributed by atoms with van der Waals surface area (Å²) < 4.78 is 0. The fourth-order valence-electron chi connectivity index (χ4n) is 2.31. The fourth-order valence-corrected chi connectivity index (χ4v) is 4.46. The van der Waals surface area contributed by atoms with Crippen molar-refractivity contribution in [3.05, 3.63) is 32.9 Å². The molecule has 19 heavy (non-hydrogen) atoms. The lowest BCUT2D eigenvalue weighted by Crippen LogP contribution is -2.11. The SMILES string of the molecule is Cc1sc2nc(SC3C=CCCC3)[nH]c(=O)c2c1C. The van der Waals surface area contributed by atoms with Gasteiger partial charge in [0.1, 0.15) is 4.83 Å². The first-order chi connectivity index (χ1) is 9.15. The van der Waals surface area contributed by atoms with Crippen LogP contribution < -0.4 is 5.56 Å². The summed E-state index contributed by atoms with van der Waals surface area (Å²) in [4.78, 5) is 21.7. The molecule has 0 aliphatic heterocycles. The maximum absolute atomic E-state index is 12.2. The summed E-state index contributed by atoms with van der Waals surface area (Å²) in [6.45, 7) is 4.03. The lowest BCUT2D eigenvalue weighted by atomic mass is 10.1. The minimum Gasteiger partial charge on any atom is -0.301 e. The molecular formula is C14H16N2OS2. The third-order valence-electron chi connectivity index (χ3n) is 3.49. The van der Waals surface area contributed by atoms with E-state index in [1.54, 1.807) is 23.1 Å². The summed E-state index contributed by atoms with van der Waals surface area (Å²) >= 11 is 3.27. The quantitative estimate of drug-likeness (QED) is 0.676. The van der Waals surface area contributed by atoms with Crippen LogP contribution in [0.4, 0.5) is 0 Å². The average molecular weight is 292 g/mol. The molecule has 0 spiro atoms. The van der Waals surface area contributed by atoms with E-state index in [1.165, 1.54) is 17.7 Å². The second-order valence-corrected chi connectivity index (χ2v) is 7.28. The first-order valence-electron chi connectivity index (χ1n) is 6.48. The van der Waals surface area contributed by atoms with Gasteiger partial charge >= 0.3 is 0 Å². The van der Waals surface area contributed by atoms with Crippen LogP contribution in [-0.2, 0) is 0 Å². The number of allylic oxidation sites excluding steroid dienone is 1. The van der Waals surface area contributed by atoms with Crippen LogP contribution >= 0.6 is 23.1 Å². The van der Waals surface area contributed by atoms with Gasteiger partial charge in [0.25, 0.3) is 5.56 Å². The molecule has 0 bridgehead atoms. The lowest BCUT2D eigenvalue weighted by molar-refractivity contribution is 0.738. The van der Waals surface area contributed by atoms with E-state index in [9.17, 15) is 4.79 Å². The van der Waals surface area contributed by atoms with Crippen LogP contribution in [0.5, 0.6) is 0 Å². The number of nitrogens with one attached hydrogen (secondary N) is 1. The summed E-state index contributed by atoms with van der Waals surface area (Å²) in [5.74, 6) is 0. The van der Waals surface area contributed by atoms with Gasteiger partial charge in [-0.15, -0.1) is 11.3 Å². The van der Waals surface area contributed by atoms with E-state index >= 15 is 0 Å². The second-order valence-electron chi connectivity index (χ2n) is 4.85. The molecule has 1 N–H and O–H groups in total. The number of rotatable bonds is 2. The zero-order chi connectivity index (χ0) is 13.4. The number of H-pyrrole nitrogens is 1. The summed E-state index contributed by atoms with van der Waals surface area (Å²) in [5.41, 5.74) is 1.05. The van der Waals surface area contributed by atoms with E-state index in [2.05, 4.69) is 22.1 Å². The van der Waals surface area contributed by atoms with Gasteiger partial charge in [0.15, 0.2) is 5.16 Å². The number of hydrogen-bond acceptors (Lipinski definition) is 4. The Morgan fingerprint density at radius 1 is 1.47 bits per heavy atom. The van der Waals surface area contributed by atoms with Crippen LogP contribution in [0.25, 0.3) is 10.2 Å². The Bertz CT molecular complexity index is 699. The first kappa shape index (κ1) is 12.9. The normalized spacial score (nSPS) is 19.2. The van der Waals surface area contributed by atoms with Crippen LogP contribution in [0.3, 0.4) is 0 Å². The molecule has 2 aromatic heterocycles. The zero-order valence-corrected chi connectivity index (χ0v) is 12.7. The Morgan fingerprint density at radius 3 is 3.05 bits per heavy atom. The zero-order valence-electron chi connectivity index (χ0n) is 11.0. The highest BCUT2D eigenvalue weighted by Crippen LogP contribution is 2.30. The van der Waals surface area contributed by atoms with Gasteiger partial charge in [0.05, 0.1) is 5.39 Å². The molecular weight excluding hydrogens is 276 g/mol. The van der Waals surface area contributed by atoms with Crippen LogP contribution in [0, 0.1) is 13.8 Å². The molecule has 3 nitrogen and oxygen atoms in total. The van der Waals surface area contributed by atoms with Crippen LogP contribution in [0.2, 0.25) is 0 Å². The number of hydrogen-bond donors (Lipinski definition) is 1. The Hall–Kier alpha value is -1.07. The Balaban J connectivity index is 1.99. The monoisotopic (exact) mass is 292 g/mol. The third-order valence-corrected chi connectivity index (χ3v) is 5.70. The van der Waals surface area contributed by atoms with Crippen molar-refractivity contribution in [2.75, 3.05) is 0 Å². The fraction of sp³-hybridized carbons (Fsp3) is 0.429. The summed E-state index contributed by atoms with van der Waals surface area (Å²) in [7, 11) is 0. The largest absolute Gasteiger partial charge is 0.301 e. The molecule has 1 aliphatic carbocycles. The molecule has 5 heteroatoms. The predicted octanol–water partition coefficient (Wildman–Crippen LogP) is 3.80. The average Bonchev–Trinajstić information content (AvgIpc) is 2.66. The van der Waals surface area contributed by atoms with Crippen molar-refractivity contribution < 1.29 is 0 Å². The van der Waals surface area contributed by atoms with Crippen molar-refractivity contribution in [2.45, 2.75) is 43.5 Å². The molecule has 0 saturated carbocycles. The molecule has 0 fully saturated rings. The predicted molar refractivity (Wildman–Crippen MR) is 82.4 cm³/mol. The van der Waals surface area contributed by atoms with E-state index in [4.69, 9.17) is 0 Å². The first-order valence-corrected chi connectivity index (χ1v) is 8.18. The molecule has 1 atom stereocenters. The van der Waals surface area contributed by atoms with Crippen molar-refractivity contribution in [3.8, 4) is 0 Å². The molecule has 3 rings (SSSR count). The minimum absolute atomic E-state index is 0.00543. The van der Waals surface area contributed by atoms with Gasteiger partial charge in [0.2, 0.25) is 0 Å². The summed E-state index contributed by atoms with van der Waals surface area (Å²) in [6.07, 6.45) is 7.99. The highest BCUT2D eigenvalue weighted by molar-refractivity contribution is 7.99. The van der Waals surface area contributed by atoms with Crippen molar-refractivity contribution in [1.82, 2.24) is 9.97 Å². The van der Waals surface area contributed by atoms with Crippen molar-refractivity contribution in [2.24, 2.45) is 0 Å². The van der Waals surface area contributed by atoms with E-state index < -0.39 is 0 Å². The summed E-state index contributed by atoms with van der Waals surface area (Å²) in [6, 6.07) is 0. The highest BCUT2D eigenvalue weighted by atomic mass is 32.2. The highest BCUT2D eigenvalue weighted by Gasteiger charge is 2.15. The smallest absolute Gasteiger partial charge is 0.260 e. The van der Waals surface area contributed by atoms with Gasteiger partial charge < -0.3 is 4.98 Å². The number of aromatic nitrogens is 2. The van der Waals surface area contributed by atoms with E-state index in [0.29, 0.717) is 5.25 Å². The second kappa shape index (κ2) is 5.13. The van der Waals surface area contributed by atoms with E-state index in [1.807, 2.05) is 13.8 Å². The lowest BCUT2D eigenvalue weighted by Gasteiger charge is -2.14. The number of thioether (sulfide) groups is 1. The topological polar surface area (TPSA) is 45.8 Å². The summed E-state index contributed by atoms with van der Waals surface area (Å²) in [5, 5.41) is 1.94. The maximum Gasteiger partial charge on any atom is 0.260 e. The number of nitrogens with zero attached hydrogens (tertiary/aromatic N) is 1. The maximum atomic E-state index is 12.2. The number of aryl methyl sites for hydroxylation is 2. The molecule has 1 aliphatic rings. The molecule has 2 aromatic rings. The number of thiophene rings is 1. The van der Waals surface area contributed by atoms with Crippen molar-refractivity contribution >= 4 is 33.3 Å². The molecule has 2 heterocycles. The van der Waals surface area contributed by atoms with Gasteiger partial charge in [0, 0.05) is 10.1 Å². The molecule has 1 unspecified atom stereocenters. The Labute approximate surface area is 120 Å². The van der Waals surface area contributed by atoms with Crippen molar-refractivity contribution in [1.29, 1.82) is 0 Å². The van der Waals surface area contributed by atoms with Crippen LogP contribution in [0.15, 0.2) is 22.1 Å². The van der Waals surface area contributed by atoms with E-state index in [0.717, 1.165) is 27.4 Å². The van der Waals surface area contributed by atoms with Crippen molar-refractivity contribution in [3.63, 3.8) is 0 Å². The van der Waals surface area contributed by atoms with Crippen LogP contribution in [-0.4, -0.2) is 15.2 Å². The molecule has 0 radical (unpaired) electrons. The number of aromatic amines is 1. The van der Waals surface area contributed by atoms with Gasteiger partial charge in [-0.1, -0.05) is 23.9 Å². The Morgan fingerprint density at radius 2 is 2.32 bits per heavy atom. The molecule has 100 valence electrons. The van der Waals surface area contributed by atoms with Gasteiger partial charge in [-0.2, -0.15) is 0 Å². The standard InChI is InChI=1S/C14H16N2OS2/c1-8-9(2)18-13-11(8)12(17)15-14(16-13)19-10-6-4-3-5-7-10/h4,6,10H,3,5,7H2,1-2H3,(H,15,16,17). The molecule has 0 amide bonds. The van der Waals surface area contributed by atoms with E-state index in [-0.39, 0.29) is 5.56 Å². The number of fused-ring (bicyclic) bond motifs is 1. The van der Waals surface area contributed by atoms with Crippen LogP contribution in [0.1, 0.15) is 29.7 Å². The van der Waals surface area contributed by atoms with Gasteiger partial charge in [-0.05, 0) is 38.7 Å².